The number of aromatic nitrogens is 2. The van der Waals surface area contributed by atoms with Crippen LogP contribution in [-0.2, 0) is 17.6 Å². The average Bonchev–Trinajstić information content (AvgIpc) is 2.51. The van der Waals surface area contributed by atoms with E-state index < -0.39 is 0 Å². The second kappa shape index (κ2) is 12.2. The van der Waals surface area contributed by atoms with Gasteiger partial charge >= 0.3 is 0 Å². The van der Waals surface area contributed by atoms with Crippen LogP contribution in [0.3, 0.4) is 0 Å². The molecule has 0 aliphatic carbocycles. The lowest BCUT2D eigenvalue weighted by atomic mass is 10.0. The zero-order valence-corrected chi connectivity index (χ0v) is 14.3. The van der Waals surface area contributed by atoms with Crippen LogP contribution in [0.4, 0.5) is 0 Å². The van der Waals surface area contributed by atoms with Crippen LogP contribution in [0.5, 0.6) is 0 Å². The second-order valence-corrected chi connectivity index (χ2v) is 4.81. The van der Waals surface area contributed by atoms with Crippen LogP contribution < -0.4 is 0 Å². The highest BCUT2D eigenvalue weighted by Crippen LogP contribution is 2.11. The van der Waals surface area contributed by atoms with Crippen LogP contribution in [0.25, 0.3) is 0 Å². The van der Waals surface area contributed by atoms with Crippen molar-refractivity contribution >= 4 is 5.78 Å². The van der Waals surface area contributed by atoms with Gasteiger partial charge in [-0.05, 0) is 24.5 Å². The molecule has 1 aromatic heterocycles. The van der Waals surface area contributed by atoms with Crippen molar-refractivity contribution in [2.45, 2.75) is 73.1 Å². The summed E-state index contributed by atoms with van der Waals surface area (Å²) in [5, 5.41) is 0. The van der Waals surface area contributed by atoms with Gasteiger partial charge in [-0.1, -0.05) is 53.0 Å². The number of aryl methyl sites for hydroxylation is 1. The molecule has 0 bridgehead atoms. The van der Waals surface area contributed by atoms with Crippen molar-refractivity contribution in [3.8, 4) is 0 Å². The first-order chi connectivity index (χ1) is 10.2. The normalized spacial score (nSPS) is 10.8. The number of nitrogens with zero attached hydrogens (tertiary/aromatic N) is 2. The summed E-state index contributed by atoms with van der Waals surface area (Å²) in [6.45, 7) is 10.2. The lowest BCUT2D eigenvalue weighted by Crippen LogP contribution is -2.01. The first-order valence-corrected chi connectivity index (χ1v) is 8.21. The van der Waals surface area contributed by atoms with Crippen LogP contribution >= 0.6 is 0 Å². The molecule has 0 atom stereocenters. The predicted octanol–water partition coefficient (Wildman–Crippen LogP) is 4.70. The van der Waals surface area contributed by atoms with E-state index >= 15 is 0 Å². The molecule has 1 heterocycles. The fraction of sp³-hybridized carbons (Fsp3) is 0.611. The van der Waals surface area contributed by atoms with Crippen molar-refractivity contribution in [1.29, 1.82) is 0 Å². The largest absolute Gasteiger partial charge is 0.295 e. The van der Waals surface area contributed by atoms with Gasteiger partial charge in [0.1, 0.15) is 5.82 Å². The number of carbonyl (C=O) groups is 1. The quantitative estimate of drug-likeness (QED) is 0.651. The molecule has 0 amide bonds. The van der Waals surface area contributed by atoms with Gasteiger partial charge in [-0.15, -0.1) is 0 Å². The van der Waals surface area contributed by atoms with Crippen LogP contribution in [0.2, 0.25) is 0 Å². The molecular weight excluding hydrogens is 260 g/mol. The number of ketones is 1. The van der Waals surface area contributed by atoms with Gasteiger partial charge in [-0.25, -0.2) is 9.97 Å². The number of hydrogen-bond donors (Lipinski definition) is 0. The maximum atomic E-state index is 11.5. The molecule has 118 valence electrons. The van der Waals surface area contributed by atoms with Gasteiger partial charge in [0.25, 0.3) is 0 Å². The molecule has 21 heavy (non-hydrogen) atoms. The molecule has 3 heteroatoms. The molecule has 0 saturated carbocycles. The van der Waals surface area contributed by atoms with Crippen molar-refractivity contribution in [2.75, 3.05) is 0 Å². The Morgan fingerprint density at radius 3 is 2.19 bits per heavy atom. The van der Waals surface area contributed by atoms with Crippen molar-refractivity contribution in [3.05, 3.63) is 35.4 Å². The highest BCUT2D eigenvalue weighted by Gasteiger charge is 2.04. The predicted molar refractivity (Wildman–Crippen MR) is 89.4 cm³/mol. The van der Waals surface area contributed by atoms with E-state index in [-0.39, 0.29) is 5.78 Å². The minimum atomic E-state index is 0.186. The minimum absolute atomic E-state index is 0.186. The fourth-order valence-electron chi connectivity index (χ4n) is 1.96. The Kier molecular flexibility index (Phi) is 11.4. The van der Waals surface area contributed by atoms with E-state index in [0.29, 0.717) is 12.8 Å². The number of carbonyl (C=O) groups excluding carboxylic acids is 1. The first-order valence-electron chi connectivity index (χ1n) is 8.21. The summed E-state index contributed by atoms with van der Waals surface area (Å²) in [7, 11) is 0. The van der Waals surface area contributed by atoms with Crippen LogP contribution in [-0.4, -0.2) is 15.8 Å². The van der Waals surface area contributed by atoms with Gasteiger partial charge < -0.3 is 0 Å². The molecule has 0 fully saturated rings. The van der Waals surface area contributed by atoms with Crippen LogP contribution in [0.1, 0.15) is 71.7 Å². The third kappa shape index (κ3) is 8.38. The number of rotatable bonds is 8. The topological polar surface area (TPSA) is 42.9 Å². The Bertz CT molecular complexity index is 421. The van der Waals surface area contributed by atoms with Crippen molar-refractivity contribution in [2.24, 2.45) is 0 Å². The third-order valence-corrected chi connectivity index (χ3v) is 2.97. The fourth-order valence-corrected chi connectivity index (χ4v) is 1.96. The Labute approximate surface area is 129 Å². The van der Waals surface area contributed by atoms with Crippen LogP contribution in [0.15, 0.2) is 24.0 Å². The molecule has 0 radical (unpaired) electrons. The number of allylic oxidation sites excluding steroid dienone is 2. The van der Waals surface area contributed by atoms with Crippen molar-refractivity contribution < 1.29 is 4.79 Å². The highest BCUT2D eigenvalue weighted by molar-refractivity contribution is 5.90. The summed E-state index contributed by atoms with van der Waals surface area (Å²) >= 11 is 0. The van der Waals surface area contributed by atoms with Crippen molar-refractivity contribution in [3.63, 3.8) is 0 Å². The van der Waals surface area contributed by atoms with E-state index in [1.807, 2.05) is 33.2 Å². The van der Waals surface area contributed by atoms with E-state index in [0.717, 1.165) is 37.1 Å². The van der Waals surface area contributed by atoms with E-state index in [9.17, 15) is 4.79 Å². The second-order valence-electron chi connectivity index (χ2n) is 4.81. The van der Waals surface area contributed by atoms with E-state index in [2.05, 4.69) is 23.8 Å². The summed E-state index contributed by atoms with van der Waals surface area (Å²) in [4.78, 5) is 20.3. The molecule has 0 aliphatic heterocycles. The monoisotopic (exact) mass is 290 g/mol. The standard InChI is InChI=1S/C16H24N2O.C2H6/c1-4-7-13(9-15(19)6-3)10-16-17-11-14(8-5-2)12-18-16;1-2/h9,11-12H,4-8,10H2,1-3H3;1-2H3/b13-9+;. The highest BCUT2D eigenvalue weighted by atomic mass is 16.1. The Balaban J connectivity index is 0.00000191. The first kappa shape index (κ1) is 19.5. The maximum absolute atomic E-state index is 11.5. The summed E-state index contributed by atoms with van der Waals surface area (Å²) in [5.41, 5.74) is 2.31. The molecule has 0 unspecified atom stereocenters. The van der Waals surface area contributed by atoms with Gasteiger partial charge in [0.2, 0.25) is 0 Å². The molecular formula is C18H30N2O. The Hall–Kier alpha value is -1.51. The molecule has 3 nitrogen and oxygen atoms in total. The Morgan fingerprint density at radius 1 is 1.10 bits per heavy atom. The molecule has 0 aromatic carbocycles. The average molecular weight is 290 g/mol. The smallest absolute Gasteiger partial charge is 0.155 e. The molecule has 1 aromatic rings. The molecule has 0 saturated heterocycles. The summed E-state index contributed by atoms with van der Waals surface area (Å²) in [5.74, 6) is 0.995. The Morgan fingerprint density at radius 2 is 1.71 bits per heavy atom. The third-order valence-electron chi connectivity index (χ3n) is 2.97. The minimum Gasteiger partial charge on any atom is -0.295 e. The maximum Gasteiger partial charge on any atom is 0.155 e. The van der Waals surface area contributed by atoms with E-state index in [4.69, 9.17) is 0 Å². The lowest BCUT2D eigenvalue weighted by Gasteiger charge is -2.06. The number of hydrogen-bond acceptors (Lipinski definition) is 3. The zero-order chi connectivity index (χ0) is 16.1. The van der Waals surface area contributed by atoms with E-state index in [1.54, 1.807) is 6.08 Å². The SMILES string of the molecule is CC.CCC/C(=C\C(=O)CC)Cc1ncc(CCC)cn1. The molecule has 0 aliphatic rings. The van der Waals surface area contributed by atoms with Gasteiger partial charge in [0.15, 0.2) is 5.78 Å². The zero-order valence-electron chi connectivity index (χ0n) is 14.3. The summed E-state index contributed by atoms with van der Waals surface area (Å²) in [6, 6.07) is 0. The van der Waals surface area contributed by atoms with Gasteiger partial charge in [0.05, 0.1) is 0 Å². The summed E-state index contributed by atoms with van der Waals surface area (Å²) in [6.07, 6.45) is 10.9. The molecule has 1 rings (SSSR count). The lowest BCUT2D eigenvalue weighted by molar-refractivity contribution is -0.114. The van der Waals surface area contributed by atoms with Crippen LogP contribution in [0, 0.1) is 0 Å². The van der Waals surface area contributed by atoms with E-state index in [1.165, 1.54) is 5.56 Å². The van der Waals surface area contributed by atoms with Crippen molar-refractivity contribution in [1.82, 2.24) is 9.97 Å². The van der Waals surface area contributed by atoms with Gasteiger partial charge in [-0.2, -0.15) is 0 Å². The molecule has 0 N–H and O–H groups in total. The van der Waals surface area contributed by atoms with Gasteiger partial charge in [-0.3, -0.25) is 4.79 Å². The summed E-state index contributed by atoms with van der Waals surface area (Å²) < 4.78 is 0. The van der Waals surface area contributed by atoms with Gasteiger partial charge in [0, 0.05) is 25.2 Å². The molecule has 0 spiro atoms.